The summed E-state index contributed by atoms with van der Waals surface area (Å²) >= 11 is 0. The van der Waals surface area contributed by atoms with Gasteiger partial charge in [0, 0.05) is 12.8 Å². The first-order valence-electron chi connectivity index (χ1n) is 28.6. The predicted molar refractivity (Wildman–Crippen MR) is 278 cm³/mol. The standard InChI is InChI=1S/C58H111NO5/c1-3-5-7-9-11-13-15-17-18-19-20-21-22-23-24-25-26-28-30-34-38-42-46-50-56(61)55(54-60)59-57(62)51-47-43-39-35-31-29-33-37-41-45-49-53-64-58(63)52-48-44-40-36-32-27-16-14-12-10-8-6-4-2/h14,16,46,50,55-56,60-61H,3-13,15,17-45,47-49,51-54H2,1-2H3,(H,59,62)/b16-14-,50-46+. The average Bonchev–Trinajstić information content (AvgIpc) is 3.29. The molecule has 0 fully saturated rings. The van der Waals surface area contributed by atoms with Crippen LogP contribution in [0.1, 0.15) is 309 Å². The van der Waals surface area contributed by atoms with Crippen molar-refractivity contribution in [3.8, 4) is 0 Å². The Morgan fingerprint density at radius 1 is 0.422 bits per heavy atom. The smallest absolute Gasteiger partial charge is 0.305 e. The highest BCUT2D eigenvalue weighted by Gasteiger charge is 2.18. The summed E-state index contributed by atoms with van der Waals surface area (Å²) in [6.07, 6.45) is 64.8. The second-order valence-electron chi connectivity index (χ2n) is 19.6. The molecule has 0 radical (unpaired) electrons. The van der Waals surface area contributed by atoms with E-state index in [9.17, 15) is 19.8 Å². The van der Waals surface area contributed by atoms with Gasteiger partial charge in [0.15, 0.2) is 0 Å². The summed E-state index contributed by atoms with van der Waals surface area (Å²) < 4.78 is 5.45. The second-order valence-corrected chi connectivity index (χ2v) is 19.6. The van der Waals surface area contributed by atoms with Gasteiger partial charge in [-0.15, -0.1) is 0 Å². The van der Waals surface area contributed by atoms with E-state index in [4.69, 9.17) is 4.74 Å². The highest BCUT2D eigenvalue weighted by molar-refractivity contribution is 5.76. The molecule has 6 heteroatoms. The summed E-state index contributed by atoms with van der Waals surface area (Å²) in [6, 6.07) is -0.643. The zero-order chi connectivity index (χ0) is 46.5. The molecule has 0 aliphatic rings. The first-order valence-corrected chi connectivity index (χ1v) is 28.6. The van der Waals surface area contributed by atoms with Crippen molar-refractivity contribution in [2.24, 2.45) is 0 Å². The maximum Gasteiger partial charge on any atom is 0.305 e. The number of carbonyl (C=O) groups excluding carboxylic acids is 2. The summed E-state index contributed by atoms with van der Waals surface area (Å²) in [4.78, 5) is 24.5. The van der Waals surface area contributed by atoms with Crippen LogP contribution in [0, 0.1) is 0 Å². The number of rotatable bonds is 53. The van der Waals surface area contributed by atoms with Gasteiger partial charge in [-0.25, -0.2) is 0 Å². The highest BCUT2D eigenvalue weighted by Crippen LogP contribution is 2.17. The Morgan fingerprint density at radius 2 is 0.734 bits per heavy atom. The Labute approximate surface area is 399 Å². The van der Waals surface area contributed by atoms with E-state index in [2.05, 4.69) is 31.3 Å². The van der Waals surface area contributed by atoms with Crippen LogP contribution in [0.3, 0.4) is 0 Å². The van der Waals surface area contributed by atoms with Crippen LogP contribution in [0.25, 0.3) is 0 Å². The molecule has 0 saturated heterocycles. The topological polar surface area (TPSA) is 95.9 Å². The molecule has 2 atom stereocenters. The van der Waals surface area contributed by atoms with Crippen LogP contribution in [0.15, 0.2) is 24.3 Å². The molecule has 0 heterocycles. The van der Waals surface area contributed by atoms with E-state index in [0.29, 0.717) is 19.4 Å². The maximum atomic E-state index is 12.5. The first kappa shape index (κ1) is 62.3. The second kappa shape index (κ2) is 54.0. The molecular formula is C58H111NO5. The first-order chi connectivity index (χ1) is 31.5. The number of esters is 1. The fraction of sp³-hybridized carbons (Fsp3) is 0.897. The van der Waals surface area contributed by atoms with Gasteiger partial charge in [0.1, 0.15) is 0 Å². The largest absolute Gasteiger partial charge is 0.466 e. The predicted octanol–water partition coefficient (Wildman–Crippen LogP) is 17.5. The molecule has 0 aromatic carbocycles. The van der Waals surface area contributed by atoms with E-state index in [1.807, 2.05) is 6.08 Å². The Bertz CT molecular complexity index is 997. The van der Waals surface area contributed by atoms with Crippen molar-refractivity contribution in [1.82, 2.24) is 5.32 Å². The molecule has 0 aromatic rings. The zero-order valence-corrected chi connectivity index (χ0v) is 43.0. The van der Waals surface area contributed by atoms with E-state index in [0.717, 1.165) is 57.8 Å². The number of hydrogen-bond acceptors (Lipinski definition) is 5. The van der Waals surface area contributed by atoms with E-state index in [-0.39, 0.29) is 18.5 Å². The van der Waals surface area contributed by atoms with Crippen molar-refractivity contribution < 1.29 is 24.5 Å². The lowest BCUT2D eigenvalue weighted by Gasteiger charge is -2.20. The van der Waals surface area contributed by atoms with Gasteiger partial charge < -0.3 is 20.3 Å². The van der Waals surface area contributed by atoms with Gasteiger partial charge in [-0.1, -0.05) is 263 Å². The quantitative estimate of drug-likeness (QED) is 0.0321. The number of carbonyl (C=O) groups is 2. The summed E-state index contributed by atoms with van der Waals surface area (Å²) in [5.74, 6) is -0.109. The van der Waals surface area contributed by atoms with Gasteiger partial charge in [0.25, 0.3) is 0 Å². The van der Waals surface area contributed by atoms with Crippen LogP contribution in [0.2, 0.25) is 0 Å². The molecule has 0 aromatic heterocycles. The molecule has 6 nitrogen and oxygen atoms in total. The summed E-state index contributed by atoms with van der Waals surface area (Å²) in [5, 5.41) is 23.2. The van der Waals surface area contributed by atoms with Crippen LogP contribution in [0.5, 0.6) is 0 Å². The third-order valence-electron chi connectivity index (χ3n) is 13.2. The van der Waals surface area contributed by atoms with Gasteiger partial charge in [-0.05, 0) is 57.8 Å². The van der Waals surface area contributed by atoms with E-state index in [1.54, 1.807) is 6.08 Å². The third-order valence-corrected chi connectivity index (χ3v) is 13.2. The number of nitrogens with one attached hydrogen (secondary N) is 1. The molecule has 0 rings (SSSR count). The van der Waals surface area contributed by atoms with E-state index in [1.165, 1.54) is 225 Å². The van der Waals surface area contributed by atoms with E-state index < -0.39 is 12.1 Å². The molecule has 1 amide bonds. The van der Waals surface area contributed by atoms with Gasteiger partial charge in [-0.2, -0.15) is 0 Å². The molecular weight excluding hydrogens is 791 g/mol. The fourth-order valence-corrected chi connectivity index (χ4v) is 8.81. The molecule has 0 aliphatic carbocycles. The molecule has 378 valence electrons. The van der Waals surface area contributed by atoms with Gasteiger partial charge >= 0.3 is 5.97 Å². The minimum atomic E-state index is -0.858. The Hall–Kier alpha value is -1.66. The van der Waals surface area contributed by atoms with Crippen molar-refractivity contribution in [2.45, 2.75) is 321 Å². The SMILES string of the molecule is CCCCCC/C=C\CCCCCCCC(=O)OCCCCCCCCCCCCCC(=O)NC(CO)C(O)/C=C/CCCCCCCCCCCCCCCCCCCCCCC. The van der Waals surface area contributed by atoms with Crippen molar-refractivity contribution in [3.63, 3.8) is 0 Å². The molecule has 0 saturated carbocycles. The van der Waals surface area contributed by atoms with Crippen LogP contribution in [-0.2, 0) is 14.3 Å². The number of hydrogen-bond donors (Lipinski definition) is 3. The number of aliphatic hydroxyl groups is 2. The van der Waals surface area contributed by atoms with Crippen molar-refractivity contribution in [2.75, 3.05) is 13.2 Å². The molecule has 64 heavy (non-hydrogen) atoms. The van der Waals surface area contributed by atoms with E-state index >= 15 is 0 Å². The van der Waals surface area contributed by atoms with Crippen molar-refractivity contribution in [3.05, 3.63) is 24.3 Å². The van der Waals surface area contributed by atoms with Crippen molar-refractivity contribution >= 4 is 11.9 Å². The average molecular weight is 903 g/mol. The van der Waals surface area contributed by atoms with Gasteiger partial charge in [0.05, 0.1) is 25.4 Å². The minimum Gasteiger partial charge on any atom is -0.466 e. The summed E-state index contributed by atoms with van der Waals surface area (Å²) in [5.41, 5.74) is 0. The third kappa shape index (κ3) is 49.8. The van der Waals surface area contributed by atoms with Gasteiger partial charge in [0.2, 0.25) is 5.91 Å². The van der Waals surface area contributed by atoms with Crippen LogP contribution in [0.4, 0.5) is 0 Å². The lowest BCUT2D eigenvalue weighted by Crippen LogP contribution is -2.45. The highest BCUT2D eigenvalue weighted by atomic mass is 16.5. The lowest BCUT2D eigenvalue weighted by atomic mass is 10.0. The minimum absolute atomic E-state index is 0.0241. The van der Waals surface area contributed by atoms with Crippen LogP contribution in [-0.4, -0.2) is 47.4 Å². The summed E-state index contributed by atoms with van der Waals surface area (Å²) in [7, 11) is 0. The number of ether oxygens (including phenoxy) is 1. The number of amides is 1. The molecule has 0 spiro atoms. The van der Waals surface area contributed by atoms with Crippen molar-refractivity contribution in [1.29, 1.82) is 0 Å². The Balaban J connectivity index is 3.50. The number of allylic oxidation sites excluding steroid dienone is 3. The molecule has 0 bridgehead atoms. The Kier molecular flexibility index (Phi) is 52.6. The molecule has 3 N–H and O–H groups in total. The summed E-state index contributed by atoms with van der Waals surface area (Å²) in [6.45, 7) is 4.86. The fourth-order valence-electron chi connectivity index (χ4n) is 8.81. The molecule has 0 aliphatic heterocycles. The Morgan fingerprint density at radius 3 is 1.12 bits per heavy atom. The van der Waals surface area contributed by atoms with Crippen LogP contribution >= 0.6 is 0 Å². The number of aliphatic hydroxyl groups excluding tert-OH is 2. The maximum absolute atomic E-state index is 12.5. The number of unbranched alkanes of at least 4 members (excludes halogenated alkanes) is 40. The zero-order valence-electron chi connectivity index (χ0n) is 43.0. The molecule has 2 unspecified atom stereocenters. The van der Waals surface area contributed by atoms with Gasteiger partial charge in [-0.3, -0.25) is 9.59 Å². The lowest BCUT2D eigenvalue weighted by molar-refractivity contribution is -0.143. The normalized spacial score (nSPS) is 12.8. The monoisotopic (exact) mass is 902 g/mol. The van der Waals surface area contributed by atoms with Crippen LogP contribution < -0.4 is 5.32 Å².